The van der Waals surface area contributed by atoms with Crippen LogP contribution in [-0.2, 0) is 10.2 Å². The molecule has 3 N–H and O–H groups in total. The van der Waals surface area contributed by atoms with Gasteiger partial charge < -0.3 is 10.8 Å². The number of amides is 2. The summed E-state index contributed by atoms with van der Waals surface area (Å²) in [5.41, 5.74) is 5.64. The molecule has 96 valence electrons. The van der Waals surface area contributed by atoms with Crippen LogP contribution in [0.4, 0.5) is 10.5 Å². The highest BCUT2D eigenvalue weighted by atomic mass is 16.4. The zero-order valence-corrected chi connectivity index (χ0v) is 10.2. The number of urea groups is 1. The van der Waals surface area contributed by atoms with E-state index in [4.69, 9.17) is 5.73 Å². The number of carbonyl (C=O) groups excluding carboxylic acids is 1. The molecule has 0 spiro atoms. The van der Waals surface area contributed by atoms with E-state index in [1.165, 1.54) is 4.90 Å². The number of carboxylic acids is 1. The molecule has 1 aliphatic rings. The topological polar surface area (TPSA) is 83.6 Å². The van der Waals surface area contributed by atoms with Crippen molar-refractivity contribution < 1.29 is 14.7 Å². The van der Waals surface area contributed by atoms with Crippen LogP contribution in [0.3, 0.4) is 0 Å². The number of benzene rings is 1. The summed E-state index contributed by atoms with van der Waals surface area (Å²) in [5, 5.41) is 9.45. The van der Waals surface area contributed by atoms with Gasteiger partial charge in [-0.25, -0.2) is 4.79 Å². The molecule has 1 aromatic carbocycles. The minimum atomic E-state index is -0.861. The second-order valence-electron chi connectivity index (χ2n) is 4.66. The SMILES string of the molecule is CN(C(N)=O)c1ccccc1C1(C(=O)O)CCC1. The van der Waals surface area contributed by atoms with Gasteiger partial charge in [-0.3, -0.25) is 9.69 Å². The van der Waals surface area contributed by atoms with Crippen LogP contribution in [-0.4, -0.2) is 24.2 Å². The second-order valence-corrected chi connectivity index (χ2v) is 4.66. The molecule has 0 saturated heterocycles. The minimum absolute atomic E-state index is 0.576. The number of nitrogens with zero attached hydrogens (tertiary/aromatic N) is 1. The number of primary amides is 1. The number of hydrogen-bond donors (Lipinski definition) is 2. The fourth-order valence-corrected chi connectivity index (χ4v) is 2.42. The van der Waals surface area contributed by atoms with Crippen molar-refractivity contribution in [2.45, 2.75) is 24.7 Å². The first-order valence-corrected chi connectivity index (χ1v) is 5.85. The fourth-order valence-electron chi connectivity index (χ4n) is 2.42. The van der Waals surface area contributed by atoms with Crippen LogP contribution in [0.2, 0.25) is 0 Å². The van der Waals surface area contributed by atoms with E-state index in [0.717, 1.165) is 6.42 Å². The molecule has 0 heterocycles. The van der Waals surface area contributed by atoms with Crippen molar-refractivity contribution in [2.24, 2.45) is 5.73 Å². The molecule has 0 aromatic heterocycles. The molecule has 0 aliphatic heterocycles. The zero-order valence-electron chi connectivity index (χ0n) is 10.2. The Morgan fingerprint density at radius 1 is 1.33 bits per heavy atom. The molecule has 18 heavy (non-hydrogen) atoms. The fraction of sp³-hybridized carbons (Fsp3) is 0.385. The summed E-state index contributed by atoms with van der Waals surface area (Å²) in [6, 6.07) is 6.45. The molecular weight excluding hydrogens is 232 g/mol. The van der Waals surface area contributed by atoms with Gasteiger partial charge in [-0.05, 0) is 24.5 Å². The van der Waals surface area contributed by atoms with Crippen LogP contribution < -0.4 is 10.6 Å². The number of nitrogens with two attached hydrogens (primary N) is 1. The first-order chi connectivity index (χ1) is 8.49. The summed E-state index contributed by atoms with van der Waals surface area (Å²) in [4.78, 5) is 24.1. The number of para-hydroxylation sites is 1. The van der Waals surface area contributed by atoms with Gasteiger partial charge in [0.1, 0.15) is 0 Å². The van der Waals surface area contributed by atoms with Crippen molar-refractivity contribution in [1.29, 1.82) is 0 Å². The van der Waals surface area contributed by atoms with Gasteiger partial charge in [0.2, 0.25) is 0 Å². The van der Waals surface area contributed by atoms with Gasteiger partial charge in [-0.15, -0.1) is 0 Å². The smallest absolute Gasteiger partial charge is 0.319 e. The molecule has 0 radical (unpaired) electrons. The summed E-state index contributed by atoms with van der Waals surface area (Å²) in [5.74, 6) is -0.834. The molecule has 0 bridgehead atoms. The molecular formula is C13H16N2O3. The maximum atomic E-state index is 11.5. The van der Waals surface area contributed by atoms with Crippen LogP contribution in [0.15, 0.2) is 24.3 Å². The molecule has 1 aliphatic carbocycles. The third kappa shape index (κ3) is 1.72. The van der Waals surface area contributed by atoms with Crippen LogP contribution in [0.1, 0.15) is 24.8 Å². The van der Waals surface area contributed by atoms with Crippen LogP contribution >= 0.6 is 0 Å². The monoisotopic (exact) mass is 248 g/mol. The van der Waals surface area contributed by atoms with E-state index >= 15 is 0 Å². The van der Waals surface area contributed by atoms with Crippen LogP contribution in [0, 0.1) is 0 Å². The van der Waals surface area contributed by atoms with Gasteiger partial charge in [0.25, 0.3) is 0 Å². The summed E-state index contributed by atoms with van der Waals surface area (Å²) < 4.78 is 0. The average Bonchev–Trinajstić information content (AvgIpc) is 2.26. The molecule has 5 heteroatoms. The largest absolute Gasteiger partial charge is 0.481 e. The number of carboxylic acid groups (broad SMARTS) is 1. The van der Waals surface area contributed by atoms with E-state index in [1.807, 2.05) is 0 Å². The molecule has 1 fully saturated rings. The van der Waals surface area contributed by atoms with Crippen molar-refractivity contribution in [2.75, 3.05) is 11.9 Å². The average molecular weight is 248 g/mol. The zero-order chi connectivity index (χ0) is 13.3. The maximum Gasteiger partial charge on any atom is 0.319 e. The Balaban J connectivity index is 2.51. The number of carbonyl (C=O) groups is 2. The molecule has 1 aromatic rings. The molecule has 1 saturated carbocycles. The predicted octanol–water partition coefficient (Wildman–Crippen LogP) is 1.71. The predicted molar refractivity (Wildman–Crippen MR) is 67.6 cm³/mol. The lowest BCUT2D eigenvalue weighted by molar-refractivity contribution is -0.147. The molecule has 2 rings (SSSR count). The lowest BCUT2D eigenvalue weighted by Crippen LogP contribution is -2.44. The summed E-state index contributed by atoms with van der Waals surface area (Å²) in [7, 11) is 1.55. The summed E-state index contributed by atoms with van der Waals surface area (Å²) >= 11 is 0. The first kappa shape index (κ1) is 12.4. The molecule has 5 nitrogen and oxygen atoms in total. The van der Waals surface area contributed by atoms with Gasteiger partial charge in [0, 0.05) is 12.7 Å². The van der Waals surface area contributed by atoms with Gasteiger partial charge in [-0.1, -0.05) is 24.6 Å². The maximum absolute atomic E-state index is 11.5. The van der Waals surface area contributed by atoms with Crippen molar-refractivity contribution in [3.63, 3.8) is 0 Å². The normalized spacial score (nSPS) is 16.7. The number of anilines is 1. The van der Waals surface area contributed by atoms with E-state index < -0.39 is 17.4 Å². The minimum Gasteiger partial charge on any atom is -0.481 e. The highest BCUT2D eigenvalue weighted by molar-refractivity contribution is 5.93. The molecule has 2 amide bonds. The van der Waals surface area contributed by atoms with E-state index in [2.05, 4.69) is 0 Å². The van der Waals surface area contributed by atoms with Crippen LogP contribution in [0.5, 0.6) is 0 Å². The van der Waals surface area contributed by atoms with E-state index in [9.17, 15) is 14.7 Å². The Morgan fingerprint density at radius 3 is 2.39 bits per heavy atom. The highest BCUT2D eigenvalue weighted by Gasteiger charge is 2.47. The number of aliphatic carboxylic acids is 1. The molecule has 0 atom stereocenters. The quantitative estimate of drug-likeness (QED) is 0.854. The van der Waals surface area contributed by atoms with E-state index in [0.29, 0.717) is 24.1 Å². The third-order valence-electron chi connectivity index (χ3n) is 3.73. The summed E-state index contributed by atoms with van der Waals surface area (Å²) in [6.07, 6.45) is 2.10. The Labute approximate surface area is 105 Å². The van der Waals surface area contributed by atoms with E-state index in [1.54, 1.807) is 31.3 Å². The second kappa shape index (κ2) is 4.33. The highest BCUT2D eigenvalue weighted by Crippen LogP contribution is 2.47. The number of rotatable bonds is 3. The Kier molecular flexibility index (Phi) is 2.98. The van der Waals surface area contributed by atoms with Crippen molar-refractivity contribution in [1.82, 2.24) is 0 Å². The van der Waals surface area contributed by atoms with Gasteiger partial charge >= 0.3 is 12.0 Å². The summed E-state index contributed by atoms with van der Waals surface area (Å²) in [6.45, 7) is 0. The Hall–Kier alpha value is -2.04. The first-order valence-electron chi connectivity index (χ1n) is 5.85. The number of hydrogen-bond acceptors (Lipinski definition) is 2. The van der Waals surface area contributed by atoms with E-state index in [-0.39, 0.29) is 0 Å². The van der Waals surface area contributed by atoms with Crippen LogP contribution in [0.25, 0.3) is 0 Å². The van der Waals surface area contributed by atoms with Gasteiger partial charge in [0.15, 0.2) is 0 Å². The standard InChI is InChI=1S/C13H16N2O3/c1-15(12(14)18)10-6-3-2-5-9(10)13(11(16)17)7-4-8-13/h2-3,5-6H,4,7-8H2,1H3,(H2,14,18)(H,16,17). The van der Waals surface area contributed by atoms with Gasteiger partial charge in [0.05, 0.1) is 5.41 Å². The van der Waals surface area contributed by atoms with Crippen molar-refractivity contribution in [3.8, 4) is 0 Å². The molecule has 0 unspecified atom stereocenters. The Morgan fingerprint density at radius 2 is 1.94 bits per heavy atom. The third-order valence-corrected chi connectivity index (χ3v) is 3.73. The van der Waals surface area contributed by atoms with Crippen molar-refractivity contribution in [3.05, 3.63) is 29.8 Å². The van der Waals surface area contributed by atoms with Crippen molar-refractivity contribution >= 4 is 17.7 Å². The Bertz CT molecular complexity index is 495. The van der Waals surface area contributed by atoms with Gasteiger partial charge in [-0.2, -0.15) is 0 Å². The lowest BCUT2D eigenvalue weighted by Gasteiger charge is -2.40. The lowest BCUT2D eigenvalue weighted by atomic mass is 9.64.